The third-order valence-electron chi connectivity index (χ3n) is 4.49. The summed E-state index contributed by atoms with van der Waals surface area (Å²) in [6.07, 6.45) is 6.90. The fourth-order valence-corrected chi connectivity index (χ4v) is 3.11. The lowest BCUT2D eigenvalue weighted by Gasteiger charge is -2.27. The van der Waals surface area contributed by atoms with Crippen molar-refractivity contribution in [3.05, 3.63) is 11.7 Å². The Morgan fingerprint density at radius 3 is 2.45 bits per heavy atom. The topological polar surface area (TPSA) is 68.4 Å². The maximum atomic E-state index is 9.79. The van der Waals surface area contributed by atoms with Gasteiger partial charge >= 0.3 is 0 Å². The highest BCUT2D eigenvalue weighted by Gasteiger charge is 2.38. The summed E-state index contributed by atoms with van der Waals surface area (Å²) < 4.78 is 11.2. The molecule has 1 fully saturated rings. The van der Waals surface area contributed by atoms with E-state index in [1.807, 2.05) is 6.92 Å². The van der Waals surface area contributed by atoms with Crippen molar-refractivity contribution >= 4 is 0 Å². The van der Waals surface area contributed by atoms with Crippen LogP contribution >= 0.6 is 0 Å². The Kier molecular flexibility index (Phi) is 5.16. The van der Waals surface area contributed by atoms with Crippen molar-refractivity contribution < 1.29 is 14.4 Å². The van der Waals surface area contributed by atoms with E-state index in [-0.39, 0.29) is 5.92 Å². The number of nitrogens with zero attached hydrogens (tertiary/aromatic N) is 2. The van der Waals surface area contributed by atoms with Gasteiger partial charge in [0.25, 0.3) is 0 Å². The Balaban J connectivity index is 2.25. The number of aromatic nitrogens is 2. The number of aliphatic hydroxyl groups excluding tert-OH is 1. The normalized spacial score (nSPS) is 22.2. The second-order valence-corrected chi connectivity index (χ2v) is 5.82. The molecule has 0 spiro atoms. The largest absolute Gasteiger partial charge is 0.393 e. The van der Waals surface area contributed by atoms with E-state index in [1.165, 1.54) is 12.8 Å². The van der Waals surface area contributed by atoms with Crippen LogP contribution in [0.3, 0.4) is 0 Å². The third kappa shape index (κ3) is 3.04. The Labute approximate surface area is 120 Å². The van der Waals surface area contributed by atoms with Crippen molar-refractivity contribution in [1.82, 2.24) is 10.1 Å². The van der Waals surface area contributed by atoms with Gasteiger partial charge in [0.05, 0.1) is 12.0 Å². The summed E-state index contributed by atoms with van der Waals surface area (Å²) in [6.45, 7) is 3.77. The predicted molar refractivity (Wildman–Crippen MR) is 75.4 cm³/mol. The smallest absolute Gasteiger partial charge is 0.232 e. The van der Waals surface area contributed by atoms with Gasteiger partial charge in [-0.1, -0.05) is 37.8 Å². The minimum absolute atomic E-state index is 0.101. The van der Waals surface area contributed by atoms with Crippen molar-refractivity contribution in [3.8, 4) is 0 Å². The molecule has 1 aliphatic rings. The van der Waals surface area contributed by atoms with Crippen molar-refractivity contribution in [2.45, 2.75) is 76.4 Å². The second-order valence-electron chi connectivity index (χ2n) is 5.82. The molecule has 0 radical (unpaired) electrons. The van der Waals surface area contributed by atoms with Crippen molar-refractivity contribution in [2.75, 3.05) is 7.11 Å². The quantitative estimate of drug-likeness (QED) is 0.840. The molecule has 2 rings (SSSR count). The van der Waals surface area contributed by atoms with Crippen LogP contribution in [0, 0.1) is 0 Å². The lowest BCUT2D eigenvalue weighted by molar-refractivity contribution is -0.0365. The molecule has 1 saturated carbocycles. The van der Waals surface area contributed by atoms with Gasteiger partial charge in [0.15, 0.2) is 0 Å². The monoisotopic (exact) mass is 282 g/mol. The van der Waals surface area contributed by atoms with Gasteiger partial charge in [0, 0.05) is 7.11 Å². The molecule has 1 aliphatic carbocycles. The molecule has 1 heterocycles. The SMILES string of the molecule is CCC(c1nc(C2(OC)CCCCCC2)no1)C(C)O. The predicted octanol–water partition coefficient (Wildman–Crippen LogP) is 3.14. The van der Waals surface area contributed by atoms with E-state index in [2.05, 4.69) is 10.1 Å². The van der Waals surface area contributed by atoms with E-state index >= 15 is 0 Å². The van der Waals surface area contributed by atoms with Gasteiger partial charge in [0.2, 0.25) is 11.7 Å². The van der Waals surface area contributed by atoms with E-state index in [1.54, 1.807) is 14.0 Å². The van der Waals surface area contributed by atoms with E-state index in [0.29, 0.717) is 11.7 Å². The van der Waals surface area contributed by atoms with Crippen LogP contribution in [0.2, 0.25) is 0 Å². The number of ether oxygens (including phenoxy) is 1. The standard InChI is InChI=1S/C15H26N2O3/c1-4-12(11(2)18)13-16-14(17-20-13)15(19-3)9-7-5-6-8-10-15/h11-12,18H,4-10H2,1-3H3. The molecule has 2 atom stereocenters. The number of hydrogen-bond donors (Lipinski definition) is 1. The van der Waals surface area contributed by atoms with Crippen molar-refractivity contribution in [3.63, 3.8) is 0 Å². The molecule has 1 N–H and O–H groups in total. The summed E-state index contributed by atoms with van der Waals surface area (Å²) in [5.74, 6) is 1.07. The zero-order chi connectivity index (χ0) is 14.6. The zero-order valence-corrected chi connectivity index (χ0v) is 12.8. The molecule has 20 heavy (non-hydrogen) atoms. The highest BCUT2D eigenvalue weighted by atomic mass is 16.5. The second kappa shape index (κ2) is 6.68. The lowest BCUT2D eigenvalue weighted by Crippen LogP contribution is -2.29. The first-order chi connectivity index (χ1) is 9.63. The molecule has 1 aromatic rings. The molecule has 1 aromatic heterocycles. The molecule has 5 nitrogen and oxygen atoms in total. The summed E-state index contributed by atoms with van der Waals surface area (Å²) in [6, 6.07) is 0. The molecule has 2 unspecified atom stereocenters. The Morgan fingerprint density at radius 1 is 1.30 bits per heavy atom. The van der Waals surface area contributed by atoms with Gasteiger partial charge in [-0.2, -0.15) is 4.98 Å². The number of hydrogen-bond acceptors (Lipinski definition) is 5. The number of rotatable bonds is 5. The molecule has 5 heteroatoms. The zero-order valence-electron chi connectivity index (χ0n) is 12.8. The fourth-order valence-electron chi connectivity index (χ4n) is 3.11. The highest BCUT2D eigenvalue weighted by molar-refractivity contribution is 5.05. The lowest BCUT2D eigenvalue weighted by atomic mass is 9.93. The van der Waals surface area contributed by atoms with Gasteiger partial charge in [0.1, 0.15) is 5.60 Å². The Hall–Kier alpha value is -0.940. The molecular formula is C15H26N2O3. The van der Waals surface area contributed by atoms with Crippen LogP contribution in [-0.2, 0) is 10.3 Å². The van der Waals surface area contributed by atoms with Gasteiger partial charge in [-0.25, -0.2) is 0 Å². The van der Waals surface area contributed by atoms with Gasteiger partial charge in [-0.05, 0) is 26.2 Å². The minimum atomic E-state index is -0.485. The van der Waals surface area contributed by atoms with Crippen LogP contribution in [0.15, 0.2) is 4.52 Å². The average Bonchev–Trinajstić information content (AvgIpc) is 2.78. The number of methoxy groups -OCH3 is 1. The summed E-state index contributed by atoms with van der Waals surface area (Å²) in [4.78, 5) is 4.55. The maximum Gasteiger partial charge on any atom is 0.232 e. The first kappa shape index (κ1) is 15.4. The third-order valence-corrected chi connectivity index (χ3v) is 4.49. The minimum Gasteiger partial charge on any atom is -0.393 e. The van der Waals surface area contributed by atoms with E-state index in [4.69, 9.17) is 9.26 Å². The molecule has 0 saturated heterocycles. The van der Waals surface area contributed by atoms with Crippen LogP contribution < -0.4 is 0 Å². The number of aliphatic hydroxyl groups is 1. The van der Waals surface area contributed by atoms with Crippen LogP contribution in [0.4, 0.5) is 0 Å². The Morgan fingerprint density at radius 2 is 1.95 bits per heavy atom. The fraction of sp³-hybridized carbons (Fsp3) is 0.867. The maximum absolute atomic E-state index is 9.79. The van der Waals surface area contributed by atoms with Crippen LogP contribution in [0.25, 0.3) is 0 Å². The Bertz CT molecular complexity index is 409. The van der Waals surface area contributed by atoms with Crippen LogP contribution in [0.5, 0.6) is 0 Å². The van der Waals surface area contributed by atoms with Crippen LogP contribution in [0.1, 0.15) is 76.4 Å². The average molecular weight is 282 g/mol. The summed E-state index contributed by atoms with van der Waals surface area (Å²) in [5, 5.41) is 13.9. The first-order valence-corrected chi connectivity index (χ1v) is 7.70. The summed E-state index contributed by atoms with van der Waals surface area (Å²) in [7, 11) is 1.73. The summed E-state index contributed by atoms with van der Waals surface area (Å²) >= 11 is 0. The van der Waals surface area contributed by atoms with Gasteiger partial charge < -0.3 is 14.4 Å². The first-order valence-electron chi connectivity index (χ1n) is 7.70. The summed E-state index contributed by atoms with van der Waals surface area (Å²) in [5.41, 5.74) is -0.408. The van der Waals surface area contributed by atoms with Gasteiger partial charge in [-0.3, -0.25) is 0 Å². The van der Waals surface area contributed by atoms with E-state index in [0.717, 1.165) is 32.1 Å². The highest BCUT2D eigenvalue weighted by Crippen LogP contribution is 2.38. The van der Waals surface area contributed by atoms with Crippen molar-refractivity contribution in [1.29, 1.82) is 0 Å². The van der Waals surface area contributed by atoms with Crippen LogP contribution in [-0.4, -0.2) is 28.5 Å². The molecule has 0 bridgehead atoms. The molecule has 0 aliphatic heterocycles. The molecular weight excluding hydrogens is 256 g/mol. The van der Waals surface area contributed by atoms with Crippen molar-refractivity contribution in [2.24, 2.45) is 0 Å². The van der Waals surface area contributed by atoms with Gasteiger partial charge in [-0.15, -0.1) is 0 Å². The molecule has 0 aromatic carbocycles. The van der Waals surface area contributed by atoms with E-state index in [9.17, 15) is 5.11 Å². The molecule has 114 valence electrons. The van der Waals surface area contributed by atoms with E-state index < -0.39 is 11.7 Å². The molecule has 0 amide bonds.